The van der Waals surface area contributed by atoms with Crippen LogP contribution in [0.25, 0.3) is 17.0 Å². The van der Waals surface area contributed by atoms with E-state index in [9.17, 15) is 4.79 Å². The Hall–Kier alpha value is -2.85. The van der Waals surface area contributed by atoms with Crippen LogP contribution in [-0.4, -0.2) is 18.1 Å². The number of aryl methyl sites for hydroxylation is 1. The Bertz CT molecular complexity index is 982. The first-order valence-corrected chi connectivity index (χ1v) is 8.48. The van der Waals surface area contributed by atoms with Gasteiger partial charge in [-0.1, -0.05) is 41.9 Å². The van der Waals surface area contributed by atoms with Crippen molar-refractivity contribution in [3.63, 3.8) is 0 Å². The minimum absolute atomic E-state index is 0.0603. The Labute approximate surface area is 157 Å². The first-order chi connectivity index (χ1) is 12.6. The van der Waals surface area contributed by atoms with Gasteiger partial charge < -0.3 is 9.47 Å². The number of carbonyl (C=O) groups excluding carboxylic acids is 1. The summed E-state index contributed by atoms with van der Waals surface area (Å²) < 4.78 is 10.5. The molecule has 0 saturated heterocycles. The van der Waals surface area contributed by atoms with Crippen molar-refractivity contribution in [3.05, 3.63) is 76.5 Å². The molecule has 0 aliphatic carbocycles. The molecule has 3 rings (SSSR count). The van der Waals surface area contributed by atoms with Crippen LogP contribution in [0.15, 0.2) is 54.6 Å². The first kappa shape index (κ1) is 18.0. The zero-order valence-corrected chi connectivity index (χ0v) is 15.3. The molecule has 0 amide bonds. The fourth-order valence-corrected chi connectivity index (χ4v) is 2.76. The largest absolute Gasteiger partial charge is 0.496 e. The second-order valence-electron chi connectivity index (χ2n) is 5.82. The fourth-order valence-electron chi connectivity index (χ4n) is 2.56. The number of esters is 1. The van der Waals surface area contributed by atoms with Crippen LogP contribution in [0.3, 0.4) is 0 Å². The fraction of sp³-hybridized carbons (Fsp3) is 0.143. The number of aromatic nitrogens is 1. The molecule has 0 atom stereocenters. The number of hydrogen-bond acceptors (Lipinski definition) is 4. The summed E-state index contributed by atoms with van der Waals surface area (Å²) in [6.45, 7) is 2.06. The van der Waals surface area contributed by atoms with Crippen LogP contribution in [0.5, 0.6) is 5.75 Å². The summed E-state index contributed by atoms with van der Waals surface area (Å²) in [6.07, 6.45) is 3.02. The van der Waals surface area contributed by atoms with E-state index < -0.39 is 5.97 Å². The number of benzene rings is 2. The molecular formula is C21H18ClNO3. The lowest BCUT2D eigenvalue weighted by Crippen LogP contribution is -2.02. The number of rotatable bonds is 5. The van der Waals surface area contributed by atoms with Crippen LogP contribution in [0.2, 0.25) is 5.15 Å². The molecule has 3 aromatic rings. The van der Waals surface area contributed by atoms with Crippen LogP contribution in [0, 0.1) is 6.92 Å². The molecule has 5 heteroatoms. The van der Waals surface area contributed by atoms with Crippen LogP contribution in [-0.2, 0) is 16.1 Å². The molecule has 1 aromatic heterocycles. The molecular weight excluding hydrogens is 350 g/mol. The topological polar surface area (TPSA) is 48.4 Å². The third kappa shape index (κ3) is 4.21. The minimum Gasteiger partial charge on any atom is -0.496 e. The molecule has 0 radical (unpaired) electrons. The second kappa shape index (κ2) is 8.02. The van der Waals surface area contributed by atoms with Crippen molar-refractivity contribution in [2.75, 3.05) is 7.11 Å². The average molecular weight is 368 g/mol. The highest BCUT2D eigenvalue weighted by molar-refractivity contribution is 6.30. The Morgan fingerprint density at radius 2 is 2.00 bits per heavy atom. The summed E-state index contributed by atoms with van der Waals surface area (Å²) in [5, 5.41) is 1.29. The van der Waals surface area contributed by atoms with Crippen molar-refractivity contribution in [2.45, 2.75) is 13.5 Å². The monoisotopic (exact) mass is 367 g/mol. The summed E-state index contributed by atoms with van der Waals surface area (Å²) in [5.41, 5.74) is 3.40. The van der Waals surface area contributed by atoms with E-state index in [2.05, 4.69) is 4.98 Å². The number of halogens is 1. The Kier molecular flexibility index (Phi) is 5.54. The van der Waals surface area contributed by atoms with Crippen molar-refractivity contribution < 1.29 is 14.3 Å². The molecule has 0 saturated carbocycles. The van der Waals surface area contributed by atoms with Gasteiger partial charge in [0, 0.05) is 22.6 Å². The summed E-state index contributed by atoms with van der Waals surface area (Å²) in [4.78, 5) is 16.4. The molecule has 0 aliphatic rings. The number of ether oxygens (including phenoxy) is 2. The molecule has 0 spiro atoms. The van der Waals surface area contributed by atoms with Gasteiger partial charge in [0.15, 0.2) is 0 Å². The van der Waals surface area contributed by atoms with Gasteiger partial charge >= 0.3 is 5.97 Å². The van der Waals surface area contributed by atoms with Crippen LogP contribution in [0.4, 0.5) is 0 Å². The number of nitrogens with zero attached hydrogens (tertiary/aromatic N) is 1. The molecule has 0 bridgehead atoms. The van der Waals surface area contributed by atoms with Crippen molar-refractivity contribution in [1.82, 2.24) is 4.98 Å². The quantitative estimate of drug-likeness (QED) is 0.363. The number of fused-ring (bicyclic) bond motifs is 1. The van der Waals surface area contributed by atoms with E-state index in [4.69, 9.17) is 21.1 Å². The van der Waals surface area contributed by atoms with Gasteiger partial charge in [0.25, 0.3) is 0 Å². The SMILES string of the molecule is COc1ccccc1/C=C/C(=O)OCc1cc2ccc(C)cc2nc1Cl. The number of carbonyl (C=O) groups is 1. The molecule has 0 aliphatic heterocycles. The van der Waals surface area contributed by atoms with Gasteiger partial charge in [0.1, 0.15) is 17.5 Å². The molecule has 4 nitrogen and oxygen atoms in total. The molecule has 1 heterocycles. The molecule has 0 N–H and O–H groups in total. The van der Waals surface area contributed by atoms with E-state index in [1.165, 1.54) is 6.08 Å². The molecule has 0 unspecified atom stereocenters. The zero-order valence-electron chi connectivity index (χ0n) is 14.5. The van der Waals surface area contributed by atoms with Gasteiger partial charge in [-0.05, 0) is 36.8 Å². The number of para-hydroxylation sites is 1. The van der Waals surface area contributed by atoms with Crippen molar-refractivity contribution in [1.29, 1.82) is 0 Å². The molecule has 2 aromatic carbocycles. The van der Waals surface area contributed by atoms with Crippen LogP contribution in [0.1, 0.15) is 16.7 Å². The van der Waals surface area contributed by atoms with Crippen molar-refractivity contribution >= 4 is 34.5 Å². The summed E-state index contributed by atoms with van der Waals surface area (Å²) in [7, 11) is 1.58. The predicted octanol–water partition coefficient (Wildman–Crippen LogP) is 4.96. The predicted molar refractivity (Wildman–Crippen MR) is 103 cm³/mol. The molecule has 0 fully saturated rings. The van der Waals surface area contributed by atoms with Gasteiger partial charge in [-0.15, -0.1) is 0 Å². The third-order valence-corrected chi connectivity index (χ3v) is 4.23. The van der Waals surface area contributed by atoms with Crippen molar-refractivity contribution in [3.8, 4) is 5.75 Å². The van der Waals surface area contributed by atoms with E-state index >= 15 is 0 Å². The second-order valence-corrected chi connectivity index (χ2v) is 6.18. The number of methoxy groups -OCH3 is 1. The lowest BCUT2D eigenvalue weighted by molar-refractivity contribution is -0.138. The lowest BCUT2D eigenvalue weighted by Gasteiger charge is -2.07. The highest BCUT2D eigenvalue weighted by atomic mass is 35.5. The Morgan fingerprint density at radius 3 is 2.81 bits per heavy atom. The van der Waals surface area contributed by atoms with Gasteiger partial charge in [0.2, 0.25) is 0 Å². The van der Waals surface area contributed by atoms with Gasteiger partial charge in [-0.25, -0.2) is 9.78 Å². The highest BCUT2D eigenvalue weighted by Crippen LogP contribution is 2.22. The maximum Gasteiger partial charge on any atom is 0.331 e. The number of hydrogen-bond donors (Lipinski definition) is 0. The Balaban J connectivity index is 1.69. The van der Waals surface area contributed by atoms with E-state index in [1.54, 1.807) is 13.2 Å². The lowest BCUT2D eigenvalue weighted by atomic mass is 10.1. The maximum atomic E-state index is 12.0. The average Bonchev–Trinajstić information content (AvgIpc) is 2.64. The first-order valence-electron chi connectivity index (χ1n) is 8.10. The molecule has 132 valence electrons. The maximum absolute atomic E-state index is 12.0. The van der Waals surface area contributed by atoms with Gasteiger partial charge in [-0.3, -0.25) is 0 Å². The number of pyridine rings is 1. The summed E-state index contributed by atoms with van der Waals surface area (Å²) in [6, 6.07) is 15.3. The summed E-state index contributed by atoms with van der Waals surface area (Å²) >= 11 is 6.21. The highest BCUT2D eigenvalue weighted by Gasteiger charge is 2.08. The van der Waals surface area contributed by atoms with Crippen LogP contribution < -0.4 is 4.74 Å². The standard InChI is InChI=1S/C21H18ClNO3/c1-14-7-8-16-12-17(21(22)23-18(16)11-14)13-26-20(24)10-9-15-5-3-4-6-19(15)25-2/h3-12H,13H2,1-2H3/b10-9+. The van der Waals surface area contributed by atoms with Crippen molar-refractivity contribution in [2.24, 2.45) is 0 Å². The van der Waals surface area contributed by atoms with Gasteiger partial charge in [0.05, 0.1) is 12.6 Å². The van der Waals surface area contributed by atoms with E-state index in [-0.39, 0.29) is 6.61 Å². The molecule has 26 heavy (non-hydrogen) atoms. The van der Waals surface area contributed by atoms with E-state index in [0.29, 0.717) is 16.5 Å². The minimum atomic E-state index is -0.462. The van der Waals surface area contributed by atoms with E-state index in [0.717, 1.165) is 22.0 Å². The third-order valence-electron chi connectivity index (χ3n) is 3.91. The normalized spacial score (nSPS) is 11.0. The van der Waals surface area contributed by atoms with E-state index in [1.807, 2.05) is 55.5 Å². The summed E-state index contributed by atoms with van der Waals surface area (Å²) in [5.74, 6) is 0.226. The smallest absolute Gasteiger partial charge is 0.331 e. The zero-order chi connectivity index (χ0) is 18.5. The van der Waals surface area contributed by atoms with Crippen LogP contribution >= 0.6 is 11.6 Å². The van der Waals surface area contributed by atoms with Gasteiger partial charge in [-0.2, -0.15) is 0 Å². The Morgan fingerprint density at radius 1 is 1.19 bits per heavy atom.